The van der Waals surface area contributed by atoms with Crippen molar-refractivity contribution in [2.24, 2.45) is 11.3 Å². The molecule has 0 aromatic rings. The first-order chi connectivity index (χ1) is 8.95. The summed E-state index contributed by atoms with van der Waals surface area (Å²) in [7, 11) is 0. The van der Waals surface area contributed by atoms with Gasteiger partial charge in [-0.05, 0) is 62.7 Å². The summed E-state index contributed by atoms with van der Waals surface area (Å²) in [5.41, 5.74) is 1.19. The average Bonchev–Trinajstić information content (AvgIpc) is 2.74. The van der Waals surface area contributed by atoms with Crippen molar-refractivity contribution in [3.05, 3.63) is 11.6 Å². The molecular formula is C17H30O2. The molecule has 0 aliphatic heterocycles. The predicted octanol–water partition coefficient (Wildman–Crippen LogP) is 3.82. The number of aliphatic hydroxyl groups is 2. The van der Waals surface area contributed by atoms with Crippen molar-refractivity contribution in [1.29, 1.82) is 0 Å². The van der Waals surface area contributed by atoms with E-state index in [1.807, 2.05) is 0 Å². The molecule has 1 fully saturated rings. The molecule has 0 bridgehead atoms. The van der Waals surface area contributed by atoms with Gasteiger partial charge < -0.3 is 10.2 Å². The minimum Gasteiger partial charge on any atom is -0.393 e. The normalized spacial score (nSPS) is 35.1. The van der Waals surface area contributed by atoms with Crippen LogP contribution in [0, 0.1) is 11.3 Å². The molecular weight excluding hydrogens is 236 g/mol. The quantitative estimate of drug-likeness (QED) is 0.743. The lowest BCUT2D eigenvalue weighted by atomic mass is 9.64. The lowest BCUT2D eigenvalue weighted by molar-refractivity contribution is 0.00357. The molecule has 19 heavy (non-hydrogen) atoms. The first kappa shape index (κ1) is 15.1. The summed E-state index contributed by atoms with van der Waals surface area (Å²) in [6.07, 6.45) is 10.1. The minimum atomic E-state index is -0.497. The van der Waals surface area contributed by atoms with Gasteiger partial charge in [0.25, 0.3) is 0 Å². The second-order valence-corrected chi connectivity index (χ2v) is 6.88. The van der Waals surface area contributed by atoms with Crippen molar-refractivity contribution in [3.8, 4) is 0 Å². The topological polar surface area (TPSA) is 40.5 Å². The van der Waals surface area contributed by atoms with Gasteiger partial charge in [0.2, 0.25) is 0 Å². The Balaban J connectivity index is 2.02. The second-order valence-electron chi connectivity index (χ2n) is 6.88. The van der Waals surface area contributed by atoms with Gasteiger partial charge >= 0.3 is 0 Å². The maximum atomic E-state index is 10.4. The molecule has 0 amide bonds. The highest BCUT2D eigenvalue weighted by atomic mass is 16.3. The highest BCUT2D eigenvalue weighted by Crippen LogP contribution is 2.54. The van der Waals surface area contributed by atoms with Gasteiger partial charge in [0, 0.05) is 0 Å². The highest BCUT2D eigenvalue weighted by Gasteiger charge is 2.46. The van der Waals surface area contributed by atoms with Gasteiger partial charge in [0.15, 0.2) is 0 Å². The Hall–Kier alpha value is -0.340. The Bertz CT molecular complexity index is 343. The monoisotopic (exact) mass is 266 g/mol. The van der Waals surface area contributed by atoms with E-state index < -0.39 is 5.60 Å². The van der Waals surface area contributed by atoms with Crippen molar-refractivity contribution in [2.75, 3.05) is 0 Å². The molecule has 0 spiro atoms. The van der Waals surface area contributed by atoms with Gasteiger partial charge in [-0.15, -0.1) is 0 Å². The van der Waals surface area contributed by atoms with Crippen LogP contribution in [0.15, 0.2) is 11.6 Å². The third kappa shape index (κ3) is 2.75. The van der Waals surface area contributed by atoms with Gasteiger partial charge in [-0.25, -0.2) is 0 Å². The number of aliphatic hydroxyl groups excluding tert-OH is 1. The number of hydrogen-bond donors (Lipinski definition) is 2. The van der Waals surface area contributed by atoms with Crippen LogP contribution in [0.3, 0.4) is 0 Å². The molecule has 0 saturated heterocycles. The lowest BCUT2D eigenvalue weighted by Crippen LogP contribution is -2.38. The van der Waals surface area contributed by atoms with Crippen LogP contribution >= 0.6 is 0 Å². The molecule has 0 heterocycles. The maximum absolute atomic E-state index is 10.4. The summed E-state index contributed by atoms with van der Waals surface area (Å²) in [5, 5.41) is 20.6. The zero-order valence-electron chi connectivity index (χ0n) is 12.8. The molecule has 2 nitrogen and oxygen atoms in total. The highest BCUT2D eigenvalue weighted by molar-refractivity contribution is 5.24. The van der Waals surface area contributed by atoms with E-state index in [0.29, 0.717) is 5.92 Å². The smallest absolute Gasteiger partial charge is 0.0645 e. The number of hydrogen-bond acceptors (Lipinski definition) is 2. The molecule has 2 aliphatic rings. The minimum absolute atomic E-state index is 0.122. The van der Waals surface area contributed by atoms with Crippen molar-refractivity contribution in [1.82, 2.24) is 0 Å². The molecule has 2 N–H and O–H groups in total. The Morgan fingerprint density at radius 1 is 1.37 bits per heavy atom. The molecule has 2 heteroatoms. The van der Waals surface area contributed by atoms with Gasteiger partial charge in [0.05, 0.1) is 11.7 Å². The van der Waals surface area contributed by atoms with Crippen LogP contribution in [-0.2, 0) is 0 Å². The van der Waals surface area contributed by atoms with Crippen LogP contribution in [-0.4, -0.2) is 21.9 Å². The first-order valence-electron chi connectivity index (χ1n) is 8.05. The summed E-state index contributed by atoms with van der Waals surface area (Å²) in [6, 6.07) is 0. The molecule has 0 radical (unpaired) electrons. The van der Waals surface area contributed by atoms with E-state index in [4.69, 9.17) is 0 Å². The fraction of sp³-hybridized carbons (Fsp3) is 0.882. The Labute approximate surface area is 117 Å². The van der Waals surface area contributed by atoms with E-state index in [1.54, 1.807) is 0 Å². The SMILES string of the molecule is CCC(O)(CC)CCC1=CC[C@H]2[C@@H](O)CCC[C@]12C. The fourth-order valence-corrected chi connectivity index (χ4v) is 4.17. The number of allylic oxidation sites excluding steroid dienone is 2. The summed E-state index contributed by atoms with van der Waals surface area (Å²) < 4.78 is 0. The van der Waals surface area contributed by atoms with Crippen molar-refractivity contribution in [3.63, 3.8) is 0 Å². The second kappa shape index (κ2) is 5.57. The van der Waals surface area contributed by atoms with Gasteiger partial charge in [-0.3, -0.25) is 0 Å². The molecule has 0 aromatic carbocycles. The van der Waals surface area contributed by atoms with E-state index in [2.05, 4.69) is 26.8 Å². The Kier molecular flexibility index (Phi) is 4.42. The van der Waals surface area contributed by atoms with Gasteiger partial charge in [-0.1, -0.05) is 32.4 Å². The van der Waals surface area contributed by atoms with Crippen LogP contribution < -0.4 is 0 Å². The molecule has 0 unspecified atom stereocenters. The van der Waals surface area contributed by atoms with E-state index in [9.17, 15) is 10.2 Å². The molecule has 0 aromatic heterocycles. The van der Waals surface area contributed by atoms with Crippen molar-refractivity contribution < 1.29 is 10.2 Å². The summed E-state index contributed by atoms with van der Waals surface area (Å²) in [4.78, 5) is 0. The van der Waals surface area contributed by atoms with Crippen LogP contribution in [0.5, 0.6) is 0 Å². The Morgan fingerprint density at radius 3 is 2.68 bits per heavy atom. The maximum Gasteiger partial charge on any atom is 0.0645 e. The fourth-order valence-electron chi connectivity index (χ4n) is 4.17. The number of fused-ring (bicyclic) bond motifs is 1. The van der Waals surface area contributed by atoms with Crippen molar-refractivity contribution in [2.45, 2.75) is 83.8 Å². The molecule has 3 atom stereocenters. The van der Waals surface area contributed by atoms with E-state index in [0.717, 1.165) is 44.9 Å². The molecule has 110 valence electrons. The standard InChI is InChI=1S/C17H30O2/c1-4-17(19,5-2)12-10-13-8-9-14-15(18)7-6-11-16(13,14)3/h8,14-15,18-19H,4-7,9-12H2,1-3H3/t14-,15-,16+/m0/s1. The van der Waals surface area contributed by atoms with Crippen LogP contribution in [0.25, 0.3) is 0 Å². The Morgan fingerprint density at radius 2 is 2.05 bits per heavy atom. The zero-order chi connectivity index (χ0) is 14.1. The van der Waals surface area contributed by atoms with E-state index in [-0.39, 0.29) is 11.5 Å². The van der Waals surface area contributed by atoms with Crippen molar-refractivity contribution >= 4 is 0 Å². The summed E-state index contributed by atoms with van der Waals surface area (Å²) in [6.45, 7) is 6.47. The molecule has 1 saturated carbocycles. The van der Waals surface area contributed by atoms with Gasteiger partial charge in [-0.2, -0.15) is 0 Å². The largest absolute Gasteiger partial charge is 0.393 e. The third-order valence-electron chi connectivity index (χ3n) is 6.01. The van der Waals surface area contributed by atoms with Gasteiger partial charge in [0.1, 0.15) is 0 Å². The lowest BCUT2D eigenvalue weighted by Gasteiger charge is -2.42. The summed E-state index contributed by atoms with van der Waals surface area (Å²) in [5.74, 6) is 0.424. The third-order valence-corrected chi connectivity index (χ3v) is 6.01. The number of rotatable bonds is 5. The first-order valence-corrected chi connectivity index (χ1v) is 8.05. The van der Waals surface area contributed by atoms with E-state index in [1.165, 1.54) is 12.0 Å². The van der Waals surface area contributed by atoms with E-state index >= 15 is 0 Å². The summed E-state index contributed by atoms with van der Waals surface area (Å²) >= 11 is 0. The average molecular weight is 266 g/mol. The zero-order valence-corrected chi connectivity index (χ0v) is 12.8. The predicted molar refractivity (Wildman–Crippen MR) is 78.9 cm³/mol. The molecule has 2 rings (SSSR count). The van der Waals surface area contributed by atoms with Crippen LogP contribution in [0.2, 0.25) is 0 Å². The molecule has 2 aliphatic carbocycles. The van der Waals surface area contributed by atoms with Crippen LogP contribution in [0.4, 0.5) is 0 Å². The van der Waals surface area contributed by atoms with Crippen LogP contribution in [0.1, 0.15) is 72.1 Å².